The molecule has 0 aliphatic heterocycles. The molecular formula is C23H27N3O4. The topological polar surface area (TPSA) is 88.7 Å². The molecule has 2 aromatic carbocycles. The van der Waals surface area contributed by atoms with Crippen LogP contribution in [0, 0.1) is 11.8 Å². The molecule has 0 unspecified atom stereocenters. The molecule has 0 aliphatic carbocycles. The normalized spacial score (nSPS) is 9.67. The fourth-order valence-corrected chi connectivity index (χ4v) is 2.37. The second-order valence-corrected chi connectivity index (χ2v) is 6.39. The van der Waals surface area contributed by atoms with Crippen LogP contribution in [0.5, 0.6) is 11.5 Å². The van der Waals surface area contributed by atoms with Crippen LogP contribution in [0.2, 0.25) is 0 Å². The van der Waals surface area contributed by atoms with Gasteiger partial charge in [-0.15, -0.1) is 0 Å². The lowest BCUT2D eigenvalue weighted by Crippen LogP contribution is -2.28. The molecule has 0 spiro atoms. The number of unbranched alkanes of at least 4 members (excludes halogenated alkanes) is 1. The minimum absolute atomic E-state index is 0.146. The number of carbonyl (C=O) groups excluding carboxylic acids is 2. The van der Waals surface area contributed by atoms with Crippen molar-refractivity contribution >= 4 is 23.3 Å². The van der Waals surface area contributed by atoms with Crippen molar-refractivity contribution in [2.75, 3.05) is 30.4 Å². The molecule has 2 aromatic rings. The Morgan fingerprint density at radius 1 is 0.933 bits per heavy atom. The Morgan fingerprint density at radius 3 is 2.47 bits per heavy atom. The zero-order valence-corrected chi connectivity index (χ0v) is 17.3. The number of urea groups is 1. The van der Waals surface area contributed by atoms with E-state index in [-0.39, 0.29) is 25.1 Å². The van der Waals surface area contributed by atoms with Crippen LogP contribution in [0.3, 0.4) is 0 Å². The number of carbonyl (C=O) groups is 2. The summed E-state index contributed by atoms with van der Waals surface area (Å²) >= 11 is 0. The Morgan fingerprint density at radius 2 is 1.73 bits per heavy atom. The van der Waals surface area contributed by atoms with Crippen molar-refractivity contribution in [2.24, 2.45) is 0 Å². The Labute approximate surface area is 177 Å². The molecule has 158 valence electrons. The molecule has 0 fully saturated rings. The van der Waals surface area contributed by atoms with Gasteiger partial charge in [0, 0.05) is 24.4 Å². The van der Waals surface area contributed by atoms with Gasteiger partial charge < -0.3 is 25.4 Å². The molecule has 3 N–H and O–H groups in total. The average Bonchev–Trinajstić information content (AvgIpc) is 2.72. The van der Waals surface area contributed by atoms with Gasteiger partial charge in [-0.2, -0.15) is 0 Å². The van der Waals surface area contributed by atoms with E-state index in [0.29, 0.717) is 23.7 Å². The molecule has 0 heterocycles. The molecule has 3 amide bonds. The molecular weight excluding hydrogens is 382 g/mol. The number of benzene rings is 2. The summed E-state index contributed by atoms with van der Waals surface area (Å²) in [5, 5.41) is 8.08. The first-order valence-corrected chi connectivity index (χ1v) is 9.80. The van der Waals surface area contributed by atoms with Gasteiger partial charge in [0.25, 0.3) is 0 Å². The number of hydrogen-bond donors (Lipinski definition) is 3. The summed E-state index contributed by atoms with van der Waals surface area (Å²) in [6.45, 7) is 4.61. The predicted octanol–water partition coefficient (Wildman–Crippen LogP) is 4.03. The predicted molar refractivity (Wildman–Crippen MR) is 118 cm³/mol. The van der Waals surface area contributed by atoms with E-state index in [9.17, 15) is 9.59 Å². The Bertz CT molecular complexity index is 885. The molecule has 0 radical (unpaired) electrons. The Kier molecular flexibility index (Phi) is 9.60. The molecule has 0 atom stereocenters. The smallest absolute Gasteiger partial charge is 0.319 e. The number of nitrogens with one attached hydrogen (secondary N) is 3. The van der Waals surface area contributed by atoms with E-state index >= 15 is 0 Å². The molecule has 0 aliphatic rings. The van der Waals surface area contributed by atoms with Crippen molar-refractivity contribution in [3.05, 3.63) is 48.5 Å². The van der Waals surface area contributed by atoms with E-state index in [1.165, 1.54) is 6.92 Å². The van der Waals surface area contributed by atoms with Crippen molar-refractivity contribution in [1.82, 2.24) is 5.32 Å². The number of rotatable bonds is 9. The van der Waals surface area contributed by atoms with Crippen LogP contribution in [0.4, 0.5) is 16.2 Å². The fraction of sp³-hybridized carbons (Fsp3) is 0.304. The van der Waals surface area contributed by atoms with Crippen LogP contribution in [0.15, 0.2) is 48.5 Å². The van der Waals surface area contributed by atoms with Gasteiger partial charge in [0.15, 0.2) is 0 Å². The third-order valence-electron chi connectivity index (χ3n) is 3.81. The van der Waals surface area contributed by atoms with Crippen LogP contribution in [0.1, 0.15) is 26.7 Å². The standard InChI is InChI=1S/C23H27N3O4/c1-3-4-15-29-21-12-10-19(11-13-21)26-23(28)24-14-5-6-16-30-22-9-7-8-20(17-22)25-18(2)27/h7-13,17H,3-4,14-16H2,1-2H3,(H,25,27)(H2,24,26,28). The maximum atomic E-state index is 11.9. The maximum Gasteiger partial charge on any atom is 0.319 e. The molecule has 0 saturated heterocycles. The minimum Gasteiger partial charge on any atom is -0.494 e. The number of hydrogen-bond acceptors (Lipinski definition) is 4. The van der Waals surface area contributed by atoms with E-state index in [2.05, 4.69) is 34.7 Å². The summed E-state index contributed by atoms with van der Waals surface area (Å²) in [6.07, 6.45) is 2.10. The van der Waals surface area contributed by atoms with Crippen molar-refractivity contribution < 1.29 is 19.1 Å². The van der Waals surface area contributed by atoms with Gasteiger partial charge in [0.2, 0.25) is 5.91 Å². The molecule has 2 rings (SSSR count). The Balaban J connectivity index is 1.66. The highest BCUT2D eigenvalue weighted by molar-refractivity contribution is 5.89. The van der Waals surface area contributed by atoms with Crippen LogP contribution < -0.4 is 25.4 Å². The summed E-state index contributed by atoms with van der Waals surface area (Å²) in [5.74, 6) is 6.88. The highest BCUT2D eigenvalue weighted by atomic mass is 16.5. The third kappa shape index (κ3) is 9.02. The summed E-state index contributed by atoms with van der Waals surface area (Å²) in [6, 6.07) is 13.9. The molecule has 0 aromatic heterocycles. The molecule has 7 nitrogen and oxygen atoms in total. The third-order valence-corrected chi connectivity index (χ3v) is 3.81. The zero-order valence-electron chi connectivity index (χ0n) is 17.3. The first-order chi connectivity index (χ1) is 14.6. The van der Waals surface area contributed by atoms with E-state index in [0.717, 1.165) is 18.6 Å². The van der Waals surface area contributed by atoms with Gasteiger partial charge in [-0.25, -0.2) is 4.79 Å². The number of ether oxygens (including phenoxy) is 2. The summed E-state index contributed by atoms with van der Waals surface area (Å²) < 4.78 is 11.1. The summed E-state index contributed by atoms with van der Waals surface area (Å²) in [5.41, 5.74) is 1.33. The average molecular weight is 409 g/mol. The van der Waals surface area contributed by atoms with Crippen LogP contribution in [-0.2, 0) is 4.79 Å². The second kappa shape index (κ2) is 12.7. The van der Waals surface area contributed by atoms with Crippen molar-refractivity contribution in [1.29, 1.82) is 0 Å². The van der Waals surface area contributed by atoms with E-state index in [4.69, 9.17) is 9.47 Å². The highest BCUT2D eigenvalue weighted by Gasteiger charge is 2.01. The number of anilines is 2. The molecule has 0 saturated carbocycles. The van der Waals surface area contributed by atoms with Gasteiger partial charge in [-0.1, -0.05) is 31.3 Å². The van der Waals surface area contributed by atoms with E-state index in [1.54, 1.807) is 36.4 Å². The number of amides is 3. The molecule has 0 bridgehead atoms. The SMILES string of the molecule is CCCCOc1ccc(NC(=O)NCC#CCOc2cccc(NC(C)=O)c2)cc1. The quantitative estimate of drug-likeness (QED) is 0.431. The highest BCUT2D eigenvalue weighted by Crippen LogP contribution is 2.17. The van der Waals surface area contributed by atoms with Gasteiger partial charge >= 0.3 is 6.03 Å². The van der Waals surface area contributed by atoms with Gasteiger partial charge in [0.1, 0.15) is 18.1 Å². The van der Waals surface area contributed by atoms with Crippen LogP contribution >= 0.6 is 0 Å². The lowest BCUT2D eigenvalue weighted by Gasteiger charge is -2.08. The van der Waals surface area contributed by atoms with Crippen LogP contribution in [0.25, 0.3) is 0 Å². The molecule has 30 heavy (non-hydrogen) atoms. The first kappa shape index (κ1) is 22.6. The molecule has 7 heteroatoms. The van der Waals surface area contributed by atoms with Gasteiger partial charge in [-0.05, 0) is 42.8 Å². The lowest BCUT2D eigenvalue weighted by molar-refractivity contribution is -0.114. The largest absolute Gasteiger partial charge is 0.494 e. The van der Waals surface area contributed by atoms with Crippen molar-refractivity contribution in [3.63, 3.8) is 0 Å². The van der Waals surface area contributed by atoms with Crippen LogP contribution in [-0.4, -0.2) is 31.7 Å². The zero-order chi connectivity index (χ0) is 21.6. The Hall–Kier alpha value is -3.66. The summed E-state index contributed by atoms with van der Waals surface area (Å²) in [4.78, 5) is 23.0. The fourth-order valence-electron chi connectivity index (χ4n) is 2.37. The minimum atomic E-state index is -0.340. The van der Waals surface area contributed by atoms with Crippen molar-refractivity contribution in [3.8, 4) is 23.3 Å². The second-order valence-electron chi connectivity index (χ2n) is 6.39. The monoisotopic (exact) mass is 409 g/mol. The first-order valence-electron chi connectivity index (χ1n) is 9.80. The van der Waals surface area contributed by atoms with Crippen molar-refractivity contribution in [2.45, 2.75) is 26.7 Å². The maximum absolute atomic E-state index is 11.9. The summed E-state index contributed by atoms with van der Waals surface area (Å²) in [7, 11) is 0. The lowest BCUT2D eigenvalue weighted by atomic mass is 10.3. The van der Waals surface area contributed by atoms with Gasteiger partial charge in [0.05, 0.1) is 13.2 Å². The van der Waals surface area contributed by atoms with E-state index < -0.39 is 0 Å². The van der Waals surface area contributed by atoms with E-state index in [1.807, 2.05) is 12.1 Å². The van der Waals surface area contributed by atoms with Gasteiger partial charge in [-0.3, -0.25) is 4.79 Å².